The molecule has 1 saturated carbocycles. The fourth-order valence-corrected chi connectivity index (χ4v) is 6.75. The molecule has 1 fully saturated rings. The van der Waals surface area contributed by atoms with Crippen molar-refractivity contribution in [1.82, 2.24) is 0 Å². The molecule has 7 heteroatoms. The Labute approximate surface area is 210 Å². The molecule has 0 aromatic heterocycles. The van der Waals surface area contributed by atoms with Crippen LogP contribution in [0, 0.1) is 11.3 Å². The quantitative estimate of drug-likeness (QED) is 0.401. The third kappa shape index (κ3) is 3.96. The van der Waals surface area contributed by atoms with Gasteiger partial charge in [0.05, 0.1) is 18.1 Å². The number of methoxy groups -OCH3 is 1. The second-order valence-corrected chi connectivity index (χ2v) is 11.1. The van der Waals surface area contributed by atoms with Crippen molar-refractivity contribution in [3.8, 4) is 0 Å². The van der Waals surface area contributed by atoms with E-state index in [0.717, 1.165) is 29.2 Å². The summed E-state index contributed by atoms with van der Waals surface area (Å²) in [6.45, 7) is 7.84. The third-order valence-corrected chi connectivity index (χ3v) is 8.80. The van der Waals surface area contributed by atoms with Gasteiger partial charge in [0.1, 0.15) is 0 Å². The molecule has 2 aliphatic rings. The predicted octanol–water partition coefficient (Wildman–Crippen LogP) is 6.18. The lowest BCUT2D eigenvalue weighted by Gasteiger charge is -2.56. The van der Waals surface area contributed by atoms with Crippen molar-refractivity contribution < 1.29 is 27.5 Å². The molecule has 36 heavy (non-hydrogen) atoms. The SMILES string of the molecule is COC(=O)[C@@]1(C)C(N)CC[C@]2(C)c3cc(C(=O)c4ccccc4C(F)(F)F)c(C(C)C)cc3CC[C@@H]12. The van der Waals surface area contributed by atoms with Crippen LogP contribution >= 0.6 is 0 Å². The lowest BCUT2D eigenvalue weighted by Crippen LogP contribution is -2.61. The van der Waals surface area contributed by atoms with Crippen molar-refractivity contribution in [3.63, 3.8) is 0 Å². The number of ether oxygens (including phenoxy) is 1. The van der Waals surface area contributed by atoms with Gasteiger partial charge in [-0.05, 0) is 78.7 Å². The maximum Gasteiger partial charge on any atom is 0.417 e. The van der Waals surface area contributed by atoms with Crippen LogP contribution in [0.15, 0.2) is 36.4 Å². The van der Waals surface area contributed by atoms with Crippen molar-refractivity contribution in [2.75, 3.05) is 7.11 Å². The van der Waals surface area contributed by atoms with Crippen LogP contribution in [0.2, 0.25) is 0 Å². The molecule has 4 atom stereocenters. The van der Waals surface area contributed by atoms with Crippen molar-refractivity contribution in [2.45, 2.75) is 76.9 Å². The van der Waals surface area contributed by atoms with E-state index in [4.69, 9.17) is 10.5 Å². The van der Waals surface area contributed by atoms with Gasteiger partial charge in [0, 0.05) is 17.2 Å². The summed E-state index contributed by atoms with van der Waals surface area (Å²) in [6.07, 6.45) is -1.89. The summed E-state index contributed by atoms with van der Waals surface area (Å²) in [4.78, 5) is 26.7. The number of esters is 1. The fourth-order valence-electron chi connectivity index (χ4n) is 6.75. The molecule has 4 nitrogen and oxygen atoms in total. The highest BCUT2D eigenvalue weighted by molar-refractivity contribution is 6.11. The fraction of sp³-hybridized carbons (Fsp3) is 0.517. The van der Waals surface area contributed by atoms with Crippen LogP contribution in [-0.2, 0) is 27.5 Å². The van der Waals surface area contributed by atoms with Crippen LogP contribution in [0.1, 0.15) is 91.1 Å². The summed E-state index contributed by atoms with van der Waals surface area (Å²) in [5.41, 5.74) is 6.87. The first-order valence-electron chi connectivity index (χ1n) is 12.5. The topological polar surface area (TPSA) is 69.4 Å². The molecule has 1 unspecified atom stereocenters. The zero-order chi connectivity index (χ0) is 26.6. The van der Waals surface area contributed by atoms with Crippen LogP contribution in [0.3, 0.4) is 0 Å². The maximum atomic E-state index is 13.8. The minimum absolute atomic E-state index is 0.0575. The lowest BCUT2D eigenvalue weighted by atomic mass is 9.48. The van der Waals surface area contributed by atoms with E-state index in [1.54, 1.807) is 6.07 Å². The zero-order valence-electron chi connectivity index (χ0n) is 21.5. The number of carbonyl (C=O) groups is 2. The number of hydrogen-bond acceptors (Lipinski definition) is 4. The van der Waals surface area contributed by atoms with E-state index in [1.807, 2.05) is 26.8 Å². The van der Waals surface area contributed by atoms with E-state index in [-0.39, 0.29) is 35.0 Å². The largest absolute Gasteiger partial charge is 0.469 e. The smallest absolute Gasteiger partial charge is 0.417 e. The molecule has 0 bridgehead atoms. The van der Waals surface area contributed by atoms with Gasteiger partial charge in [-0.2, -0.15) is 13.2 Å². The standard InChI is InChI=1S/C29H34F3NO3/c1-16(2)19-14-17-10-11-23-27(3,13-12-24(33)28(23,4)26(35)36-5)22(17)15-20(19)25(34)18-8-6-7-9-21(18)29(30,31)32/h6-9,14-16,23-24H,10-13,33H2,1-5H3/t23-,24?,27-,28-/m1/s1. The molecule has 2 N–H and O–H groups in total. The number of benzene rings is 2. The van der Waals surface area contributed by atoms with Crippen LogP contribution in [0.25, 0.3) is 0 Å². The Hall–Kier alpha value is -2.67. The van der Waals surface area contributed by atoms with Crippen molar-refractivity contribution in [3.05, 3.63) is 69.8 Å². The average molecular weight is 502 g/mol. The monoisotopic (exact) mass is 501 g/mol. The van der Waals surface area contributed by atoms with E-state index >= 15 is 0 Å². The Morgan fingerprint density at radius 2 is 1.75 bits per heavy atom. The number of ketones is 1. The molecular weight excluding hydrogens is 467 g/mol. The minimum Gasteiger partial charge on any atom is -0.469 e. The van der Waals surface area contributed by atoms with Gasteiger partial charge in [-0.15, -0.1) is 0 Å². The number of alkyl halides is 3. The Balaban J connectivity index is 1.91. The summed E-state index contributed by atoms with van der Waals surface area (Å²) >= 11 is 0. The molecule has 0 spiro atoms. The molecule has 0 amide bonds. The molecule has 2 aromatic carbocycles. The first-order valence-corrected chi connectivity index (χ1v) is 12.5. The molecule has 0 radical (unpaired) electrons. The lowest BCUT2D eigenvalue weighted by molar-refractivity contribution is -0.163. The third-order valence-electron chi connectivity index (χ3n) is 8.80. The van der Waals surface area contributed by atoms with Gasteiger partial charge in [0.25, 0.3) is 0 Å². The van der Waals surface area contributed by atoms with Crippen LogP contribution in [0.5, 0.6) is 0 Å². The van der Waals surface area contributed by atoms with Gasteiger partial charge in [0.2, 0.25) is 0 Å². The maximum absolute atomic E-state index is 13.8. The zero-order valence-corrected chi connectivity index (χ0v) is 21.5. The Morgan fingerprint density at radius 1 is 1.08 bits per heavy atom. The second kappa shape index (κ2) is 9.02. The summed E-state index contributed by atoms with van der Waals surface area (Å²) in [5, 5.41) is 0. The number of hydrogen-bond donors (Lipinski definition) is 1. The summed E-state index contributed by atoms with van der Waals surface area (Å²) in [6, 6.07) is 8.38. The van der Waals surface area contributed by atoms with E-state index in [9.17, 15) is 22.8 Å². The molecule has 0 heterocycles. The second-order valence-electron chi connectivity index (χ2n) is 11.1. The van der Waals surface area contributed by atoms with E-state index in [0.29, 0.717) is 19.3 Å². The average Bonchev–Trinajstić information content (AvgIpc) is 2.84. The normalized spacial score (nSPS) is 27.8. The van der Waals surface area contributed by atoms with Crippen molar-refractivity contribution >= 4 is 11.8 Å². The van der Waals surface area contributed by atoms with Crippen molar-refractivity contribution in [2.24, 2.45) is 17.1 Å². The Morgan fingerprint density at radius 3 is 2.36 bits per heavy atom. The number of halogens is 3. The summed E-state index contributed by atoms with van der Waals surface area (Å²) in [5.74, 6) is -1.16. The summed E-state index contributed by atoms with van der Waals surface area (Å²) < 4.78 is 46.5. The highest BCUT2D eigenvalue weighted by Crippen LogP contribution is 2.57. The number of rotatable bonds is 4. The van der Waals surface area contributed by atoms with Gasteiger partial charge in [-0.1, -0.05) is 45.0 Å². The number of nitrogens with two attached hydrogens (primary N) is 1. The van der Waals surface area contributed by atoms with Gasteiger partial charge < -0.3 is 10.5 Å². The molecule has 0 saturated heterocycles. The van der Waals surface area contributed by atoms with Gasteiger partial charge in [-0.25, -0.2) is 0 Å². The molecule has 2 aromatic rings. The Bertz CT molecular complexity index is 1200. The first kappa shape index (κ1) is 26.4. The molecule has 2 aliphatic carbocycles. The molecule has 194 valence electrons. The Kier molecular flexibility index (Phi) is 6.61. The van der Waals surface area contributed by atoms with Crippen molar-refractivity contribution in [1.29, 1.82) is 0 Å². The van der Waals surface area contributed by atoms with Crippen LogP contribution < -0.4 is 5.73 Å². The van der Waals surface area contributed by atoms with Crippen LogP contribution in [-0.4, -0.2) is 24.9 Å². The van der Waals surface area contributed by atoms with Crippen LogP contribution in [0.4, 0.5) is 13.2 Å². The highest BCUT2D eigenvalue weighted by Gasteiger charge is 2.59. The predicted molar refractivity (Wildman–Crippen MR) is 132 cm³/mol. The number of carbonyl (C=O) groups excluding carboxylic acids is 2. The van der Waals surface area contributed by atoms with Gasteiger partial charge in [0.15, 0.2) is 5.78 Å². The molecule has 4 rings (SSSR count). The van der Waals surface area contributed by atoms with E-state index < -0.39 is 28.4 Å². The number of aryl methyl sites for hydroxylation is 1. The molecular formula is C29H34F3NO3. The van der Waals surface area contributed by atoms with E-state index in [2.05, 4.69) is 6.92 Å². The van der Waals surface area contributed by atoms with Gasteiger partial charge >= 0.3 is 12.1 Å². The molecule has 0 aliphatic heterocycles. The number of fused-ring (bicyclic) bond motifs is 3. The highest BCUT2D eigenvalue weighted by atomic mass is 19.4. The summed E-state index contributed by atoms with van der Waals surface area (Å²) in [7, 11) is 1.37. The van der Waals surface area contributed by atoms with Gasteiger partial charge in [-0.3, -0.25) is 9.59 Å². The minimum atomic E-state index is -4.64. The first-order chi connectivity index (χ1) is 16.8. The van der Waals surface area contributed by atoms with E-state index in [1.165, 1.54) is 25.3 Å².